The fourth-order valence-corrected chi connectivity index (χ4v) is 1.64. The predicted octanol–water partition coefficient (Wildman–Crippen LogP) is 2.01. The summed E-state index contributed by atoms with van der Waals surface area (Å²) in [6.07, 6.45) is 0.751. The van der Waals surface area contributed by atoms with Gasteiger partial charge in [0, 0.05) is 13.2 Å². The van der Waals surface area contributed by atoms with E-state index in [0.717, 1.165) is 12.0 Å². The Morgan fingerprint density at radius 2 is 2.13 bits per heavy atom. The van der Waals surface area contributed by atoms with Crippen LogP contribution in [0.1, 0.15) is 5.56 Å². The van der Waals surface area contributed by atoms with Gasteiger partial charge in [0.05, 0.1) is 16.7 Å². The summed E-state index contributed by atoms with van der Waals surface area (Å²) in [6.45, 7) is 0.552. The quantitative estimate of drug-likeness (QED) is 0.620. The first-order valence-electron chi connectivity index (χ1n) is 4.56. The average Bonchev–Trinajstić information content (AvgIpc) is 2.23. The zero-order valence-corrected chi connectivity index (χ0v) is 9.98. The number of hydrogen-bond donors (Lipinski definition) is 2. The Balaban J connectivity index is 2.66. The molecule has 1 aromatic carbocycles. The number of ether oxygens (including phenoxy) is 1. The van der Waals surface area contributed by atoms with Gasteiger partial charge < -0.3 is 4.74 Å². The largest absolute Gasteiger partial charge is 0.383 e. The fourth-order valence-electron chi connectivity index (χ4n) is 1.32. The molecule has 1 rings (SSSR count). The Morgan fingerprint density at radius 1 is 1.40 bits per heavy atom. The summed E-state index contributed by atoms with van der Waals surface area (Å²) in [5.41, 5.74) is 3.76. The molecular formula is C10H14Cl2N2O. The van der Waals surface area contributed by atoms with E-state index in [2.05, 4.69) is 5.43 Å². The zero-order chi connectivity index (χ0) is 11.3. The highest BCUT2D eigenvalue weighted by molar-refractivity contribution is 6.42. The molecule has 1 unspecified atom stereocenters. The highest BCUT2D eigenvalue weighted by atomic mass is 35.5. The SMILES string of the molecule is COCC(Cc1ccc(Cl)c(Cl)c1)NN. The van der Waals surface area contributed by atoms with Crippen LogP contribution in [0.15, 0.2) is 18.2 Å². The maximum absolute atomic E-state index is 5.90. The number of hydrogen-bond acceptors (Lipinski definition) is 3. The molecule has 0 aliphatic rings. The Morgan fingerprint density at radius 3 is 2.67 bits per heavy atom. The number of nitrogens with one attached hydrogen (secondary N) is 1. The van der Waals surface area contributed by atoms with E-state index < -0.39 is 0 Å². The van der Waals surface area contributed by atoms with Gasteiger partial charge in [-0.15, -0.1) is 0 Å². The van der Waals surface area contributed by atoms with Crippen LogP contribution in [0.5, 0.6) is 0 Å². The Hall–Kier alpha value is -0.320. The minimum Gasteiger partial charge on any atom is -0.383 e. The van der Waals surface area contributed by atoms with Crippen molar-refractivity contribution >= 4 is 23.2 Å². The number of hydrazine groups is 1. The summed E-state index contributed by atoms with van der Waals surface area (Å²) < 4.78 is 5.02. The summed E-state index contributed by atoms with van der Waals surface area (Å²) >= 11 is 11.7. The first-order valence-corrected chi connectivity index (χ1v) is 5.32. The molecule has 3 N–H and O–H groups in total. The van der Waals surface area contributed by atoms with Crippen LogP contribution in [-0.4, -0.2) is 19.8 Å². The molecule has 0 aromatic heterocycles. The third-order valence-corrected chi connectivity index (χ3v) is 2.81. The van der Waals surface area contributed by atoms with E-state index in [4.69, 9.17) is 33.8 Å². The highest BCUT2D eigenvalue weighted by Gasteiger charge is 2.08. The topological polar surface area (TPSA) is 47.3 Å². The molecule has 0 radical (unpaired) electrons. The molecule has 1 aromatic rings. The lowest BCUT2D eigenvalue weighted by Gasteiger charge is -2.14. The van der Waals surface area contributed by atoms with Crippen molar-refractivity contribution in [3.05, 3.63) is 33.8 Å². The van der Waals surface area contributed by atoms with E-state index in [9.17, 15) is 0 Å². The van der Waals surface area contributed by atoms with Gasteiger partial charge >= 0.3 is 0 Å². The average molecular weight is 249 g/mol. The molecule has 0 fully saturated rings. The van der Waals surface area contributed by atoms with Crippen molar-refractivity contribution in [2.24, 2.45) is 5.84 Å². The molecule has 0 amide bonds. The van der Waals surface area contributed by atoms with E-state index in [1.54, 1.807) is 13.2 Å². The van der Waals surface area contributed by atoms with E-state index in [1.807, 2.05) is 12.1 Å². The van der Waals surface area contributed by atoms with Crippen molar-refractivity contribution in [3.8, 4) is 0 Å². The van der Waals surface area contributed by atoms with Crippen LogP contribution in [0.2, 0.25) is 10.0 Å². The Bertz CT molecular complexity index is 320. The van der Waals surface area contributed by atoms with Gasteiger partial charge in [-0.25, -0.2) is 0 Å². The summed E-state index contributed by atoms with van der Waals surface area (Å²) in [7, 11) is 1.64. The van der Waals surface area contributed by atoms with E-state index in [-0.39, 0.29) is 6.04 Å². The molecule has 0 saturated heterocycles. The molecule has 0 bridgehead atoms. The van der Waals surface area contributed by atoms with Crippen molar-refractivity contribution in [1.82, 2.24) is 5.43 Å². The number of halogens is 2. The van der Waals surface area contributed by atoms with Gasteiger partial charge in [-0.2, -0.15) is 0 Å². The number of methoxy groups -OCH3 is 1. The molecule has 5 heteroatoms. The number of nitrogens with two attached hydrogens (primary N) is 1. The molecule has 3 nitrogen and oxygen atoms in total. The maximum atomic E-state index is 5.90. The smallest absolute Gasteiger partial charge is 0.0632 e. The van der Waals surface area contributed by atoms with E-state index in [0.29, 0.717) is 16.7 Å². The van der Waals surface area contributed by atoms with Gasteiger partial charge in [0.25, 0.3) is 0 Å². The second-order valence-electron chi connectivity index (χ2n) is 3.27. The maximum Gasteiger partial charge on any atom is 0.0632 e. The lowest BCUT2D eigenvalue weighted by Crippen LogP contribution is -2.40. The lowest BCUT2D eigenvalue weighted by atomic mass is 10.1. The van der Waals surface area contributed by atoms with Crippen LogP contribution < -0.4 is 11.3 Å². The first kappa shape index (κ1) is 12.7. The fraction of sp³-hybridized carbons (Fsp3) is 0.400. The third-order valence-electron chi connectivity index (χ3n) is 2.07. The molecule has 1 atom stereocenters. The molecule has 0 aliphatic carbocycles. The highest BCUT2D eigenvalue weighted by Crippen LogP contribution is 2.23. The van der Waals surface area contributed by atoms with Crippen LogP contribution >= 0.6 is 23.2 Å². The van der Waals surface area contributed by atoms with E-state index >= 15 is 0 Å². The van der Waals surface area contributed by atoms with Gasteiger partial charge in [0.2, 0.25) is 0 Å². The minimum absolute atomic E-state index is 0.0762. The van der Waals surface area contributed by atoms with Gasteiger partial charge in [-0.1, -0.05) is 29.3 Å². The molecule has 0 saturated carbocycles. The van der Waals surface area contributed by atoms with Gasteiger partial charge in [-0.3, -0.25) is 11.3 Å². The van der Waals surface area contributed by atoms with Crippen molar-refractivity contribution in [2.45, 2.75) is 12.5 Å². The van der Waals surface area contributed by atoms with Gasteiger partial charge in [0.15, 0.2) is 0 Å². The minimum atomic E-state index is 0.0762. The Labute approximate surface area is 99.5 Å². The standard InChI is InChI=1S/C10H14Cl2N2O/c1-15-6-8(14-13)4-7-2-3-9(11)10(12)5-7/h2-3,5,8,14H,4,6,13H2,1H3. The lowest BCUT2D eigenvalue weighted by molar-refractivity contribution is 0.166. The van der Waals surface area contributed by atoms with Crippen molar-refractivity contribution < 1.29 is 4.74 Å². The van der Waals surface area contributed by atoms with Crippen LogP contribution in [0.3, 0.4) is 0 Å². The second-order valence-corrected chi connectivity index (χ2v) is 4.09. The van der Waals surface area contributed by atoms with Crippen molar-refractivity contribution in [2.75, 3.05) is 13.7 Å². The molecule has 0 heterocycles. The molecule has 15 heavy (non-hydrogen) atoms. The molecule has 0 spiro atoms. The summed E-state index contributed by atoms with van der Waals surface area (Å²) in [5, 5.41) is 1.12. The summed E-state index contributed by atoms with van der Waals surface area (Å²) in [6, 6.07) is 5.62. The normalized spacial score (nSPS) is 12.8. The number of benzene rings is 1. The second kappa shape index (κ2) is 6.30. The predicted molar refractivity (Wildman–Crippen MR) is 63.2 cm³/mol. The zero-order valence-electron chi connectivity index (χ0n) is 8.47. The molecular weight excluding hydrogens is 235 g/mol. The molecule has 84 valence electrons. The van der Waals surface area contributed by atoms with Crippen molar-refractivity contribution in [1.29, 1.82) is 0 Å². The van der Waals surface area contributed by atoms with Gasteiger partial charge in [0.1, 0.15) is 0 Å². The Kier molecular flexibility index (Phi) is 5.36. The number of rotatable bonds is 5. The first-order chi connectivity index (χ1) is 7.17. The van der Waals surface area contributed by atoms with Crippen LogP contribution in [0, 0.1) is 0 Å². The van der Waals surface area contributed by atoms with Crippen LogP contribution in [-0.2, 0) is 11.2 Å². The monoisotopic (exact) mass is 248 g/mol. The van der Waals surface area contributed by atoms with Crippen molar-refractivity contribution in [3.63, 3.8) is 0 Å². The van der Waals surface area contributed by atoms with Gasteiger partial charge in [-0.05, 0) is 24.1 Å². The summed E-state index contributed by atoms with van der Waals surface area (Å²) in [5.74, 6) is 5.39. The van der Waals surface area contributed by atoms with Crippen LogP contribution in [0.25, 0.3) is 0 Å². The van der Waals surface area contributed by atoms with E-state index in [1.165, 1.54) is 0 Å². The third kappa shape index (κ3) is 3.97. The summed E-state index contributed by atoms with van der Waals surface area (Å²) in [4.78, 5) is 0. The molecule has 0 aliphatic heterocycles. The van der Waals surface area contributed by atoms with Crippen LogP contribution in [0.4, 0.5) is 0 Å².